The largest absolute Gasteiger partial charge is 0.352 e. The maximum Gasteiger partial charge on any atom is 0.209 e. The van der Waals surface area contributed by atoms with Gasteiger partial charge in [-0.3, -0.25) is 4.79 Å². The Kier molecular flexibility index (Phi) is 2.68. The fourth-order valence-corrected chi connectivity index (χ4v) is 1.75. The van der Waals surface area contributed by atoms with Gasteiger partial charge in [-0.2, -0.15) is 0 Å². The van der Waals surface area contributed by atoms with E-state index in [1.807, 2.05) is 24.3 Å². The summed E-state index contributed by atoms with van der Waals surface area (Å²) in [7, 11) is 0. The summed E-state index contributed by atoms with van der Waals surface area (Å²) < 4.78 is 5.86. The molecule has 2 aromatic rings. The average Bonchev–Trinajstić information content (AvgIpc) is 2.65. The first kappa shape index (κ1) is 10.1. The van der Waals surface area contributed by atoms with Crippen molar-refractivity contribution in [1.29, 1.82) is 0 Å². The minimum atomic E-state index is -0.123. The molecule has 0 N–H and O–H groups in total. The smallest absolute Gasteiger partial charge is 0.209 e. The number of carbonyl (C=O) groups is 1. The van der Waals surface area contributed by atoms with Crippen LogP contribution in [0.25, 0.3) is 11.1 Å². The van der Waals surface area contributed by atoms with Gasteiger partial charge in [-0.15, -0.1) is 0 Å². The first-order valence-corrected chi connectivity index (χ1v) is 5.19. The van der Waals surface area contributed by atoms with E-state index in [1.165, 1.54) is 6.92 Å². The highest BCUT2D eigenvalue weighted by Crippen LogP contribution is 2.26. The number of halogens is 1. The van der Waals surface area contributed by atoms with Gasteiger partial charge in [0.2, 0.25) is 5.76 Å². The molecule has 0 aliphatic heterocycles. The van der Waals surface area contributed by atoms with Crippen LogP contribution in [0.5, 0.6) is 0 Å². The van der Waals surface area contributed by atoms with Crippen molar-refractivity contribution in [2.75, 3.05) is 0 Å². The summed E-state index contributed by atoms with van der Waals surface area (Å²) in [6.45, 7) is 1.46. The lowest BCUT2D eigenvalue weighted by Crippen LogP contribution is -1.91. The van der Waals surface area contributed by atoms with Crippen molar-refractivity contribution in [3.8, 4) is 11.1 Å². The zero-order valence-electron chi connectivity index (χ0n) is 8.03. The van der Waals surface area contributed by atoms with Crippen LogP contribution >= 0.6 is 15.9 Å². The van der Waals surface area contributed by atoms with Crippen LogP contribution in [-0.2, 0) is 0 Å². The second kappa shape index (κ2) is 3.98. The van der Waals surface area contributed by atoms with Crippen LogP contribution in [0.2, 0.25) is 0 Å². The fraction of sp³-hybridized carbons (Fsp3) is 0.0909. The molecule has 2 rings (SSSR count). The predicted octanol–water partition coefficient (Wildman–Crippen LogP) is 3.31. The zero-order chi connectivity index (χ0) is 10.8. The minimum Gasteiger partial charge on any atom is -0.352 e. The van der Waals surface area contributed by atoms with Crippen molar-refractivity contribution >= 4 is 21.7 Å². The molecule has 0 saturated carbocycles. The van der Waals surface area contributed by atoms with E-state index in [4.69, 9.17) is 4.52 Å². The number of Topliss-reactive ketones (excluding diaryl/α,β-unsaturated/α-hetero) is 1. The number of hydrogen-bond donors (Lipinski definition) is 0. The molecular formula is C11H8BrNO2. The van der Waals surface area contributed by atoms with Gasteiger partial charge in [0.25, 0.3) is 0 Å². The number of rotatable bonds is 2. The predicted molar refractivity (Wildman–Crippen MR) is 59.6 cm³/mol. The Bertz CT molecular complexity index is 505. The van der Waals surface area contributed by atoms with E-state index in [2.05, 4.69) is 21.1 Å². The van der Waals surface area contributed by atoms with Crippen LogP contribution in [0.1, 0.15) is 17.5 Å². The molecule has 1 aromatic heterocycles. The molecular weight excluding hydrogens is 258 g/mol. The molecule has 0 aliphatic rings. The molecule has 3 nitrogen and oxygen atoms in total. The van der Waals surface area contributed by atoms with Gasteiger partial charge < -0.3 is 4.52 Å². The molecule has 1 aromatic carbocycles. The first-order valence-electron chi connectivity index (χ1n) is 4.40. The molecule has 15 heavy (non-hydrogen) atoms. The van der Waals surface area contributed by atoms with Crippen molar-refractivity contribution < 1.29 is 9.32 Å². The van der Waals surface area contributed by atoms with Gasteiger partial charge in [-0.05, 0) is 17.7 Å². The second-order valence-electron chi connectivity index (χ2n) is 3.14. The lowest BCUT2D eigenvalue weighted by molar-refractivity contribution is 0.0979. The maximum absolute atomic E-state index is 11.2. The van der Waals surface area contributed by atoms with Gasteiger partial charge in [-0.25, -0.2) is 0 Å². The minimum absolute atomic E-state index is 0.123. The standard InChI is InChI=1S/C11H8BrNO2/c1-7(14)11-10(6-13-15-11)8-3-2-4-9(12)5-8/h2-6H,1H3. The van der Waals surface area contributed by atoms with E-state index >= 15 is 0 Å². The molecule has 0 spiro atoms. The number of hydrogen-bond acceptors (Lipinski definition) is 3. The number of benzene rings is 1. The Morgan fingerprint density at radius 3 is 2.93 bits per heavy atom. The van der Waals surface area contributed by atoms with Crippen LogP contribution in [0.4, 0.5) is 0 Å². The van der Waals surface area contributed by atoms with Crippen molar-refractivity contribution in [3.63, 3.8) is 0 Å². The highest BCUT2D eigenvalue weighted by molar-refractivity contribution is 9.10. The van der Waals surface area contributed by atoms with Gasteiger partial charge in [0.15, 0.2) is 5.78 Å². The van der Waals surface area contributed by atoms with Gasteiger partial charge in [-0.1, -0.05) is 33.2 Å². The fourth-order valence-electron chi connectivity index (χ4n) is 1.36. The molecule has 0 fully saturated rings. The van der Waals surface area contributed by atoms with Crippen LogP contribution in [0.3, 0.4) is 0 Å². The zero-order valence-corrected chi connectivity index (χ0v) is 9.61. The van der Waals surface area contributed by atoms with Crippen LogP contribution in [0.15, 0.2) is 39.5 Å². The van der Waals surface area contributed by atoms with Gasteiger partial charge >= 0.3 is 0 Å². The van der Waals surface area contributed by atoms with Crippen LogP contribution < -0.4 is 0 Å². The number of ketones is 1. The third-order valence-electron chi connectivity index (χ3n) is 2.03. The Labute approximate surface area is 95.2 Å². The van der Waals surface area contributed by atoms with Crippen molar-refractivity contribution in [3.05, 3.63) is 40.7 Å². The number of carbonyl (C=O) groups excluding carboxylic acids is 1. The van der Waals surface area contributed by atoms with Crippen molar-refractivity contribution in [2.45, 2.75) is 6.92 Å². The lowest BCUT2D eigenvalue weighted by Gasteiger charge is -1.98. The number of nitrogens with zero attached hydrogens (tertiary/aromatic N) is 1. The van der Waals surface area contributed by atoms with E-state index in [0.717, 1.165) is 15.6 Å². The van der Waals surface area contributed by atoms with Crippen molar-refractivity contribution in [2.24, 2.45) is 0 Å². The molecule has 0 bridgehead atoms. The third-order valence-corrected chi connectivity index (χ3v) is 2.52. The summed E-state index contributed by atoms with van der Waals surface area (Å²) in [5, 5.41) is 3.64. The molecule has 0 saturated heterocycles. The summed E-state index contributed by atoms with van der Waals surface area (Å²) in [6.07, 6.45) is 1.55. The van der Waals surface area contributed by atoms with Gasteiger partial charge in [0, 0.05) is 11.4 Å². The topological polar surface area (TPSA) is 43.1 Å². The average molecular weight is 266 g/mol. The molecule has 0 unspecified atom stereocenters. The van der Waals surface area contributed by atoms with Crippen LogP contribution in [-0.4, -0.2) is 10.9 Å². The van der Waals surface area contributed by atoms with E-state index in [1.54, 1.807) is 6.20 Å². The Hall–Kier alpha value is -1.42. The molecule has 0 atom stereocenters. The first-order chi connectivity index (χ1) is 7.18. The Balaban J connectivity index is 2.54. The van der Waals surface area contributed by atoms with Gasteiger partial charge in [0.1, 0.15) is 0 Å². The van der Waals surface area contributed by atoms with E-state index < -0.39 is 0 Å². The summed E-state index contributed by atoms with van der Waals surface area (Å²) in [4.78, 5) is 11.2. The quantitative estimate of drug-likeness (QED) is 0.783. The summed E-state index contributed by atoms with van der Waals surface area (Å²) in [5.74, 6) is 0.176. The van der Waals surface area contributed by atoms with E-state index in [-0.39, 0.29) is 5.78 Å². The molecule has 0 aliphatic carbocycles. The molecule has 0 amide bonds. The summed E-state index contributed by atoms with van der Waals surface area (Å²) in [5.41, 5.74) is 1.64. The SMILES string of the molecule is CC(=O)c1oncc1-c1cccc(Br)c1. The molecule has 1 heterocycles. The maximum atomic E-state index is 11.2. The van der Waals surface area contributed by atoms with Gasteiger partial charge in [0.05, 0.1) is 11.8 Å². The summed E-state index contributed by atoms with van der Waals surface area (Å²) >= 11 is 3.37. The van der Waals surface area contributed by atoms with E-state index in [9.17, 15) is 4.79 Å². The Morgan fingerprint density at radius 1 is 1.47 bits per heavy atom. The second-order valence-corrected chi connectivity index (χ2v) is 4.05. The Morgan fingerprint density at radius 2 is 2.27 bits per heavy atom. The van der Waals surface area contributed by atoms with Crippen molar-refractivity contribution in [1.82, 2.24) is 5.16 Å². The molecule has 76 valence electrons. The van der Waals surface area contributed by atoms with Crippen LogP contribution in [0, 0.1) is 0 Å². The molecule has 0 radical (unpaired) electrons. The monoisotopic (exact) mass is 265 g/mol. The highest BCUT2D eigenvalue weighted by Gasteiger charge is 2.14. The molecule has 4 heteroatoms. The summed E-state index contributed by atoms with van der Waals surface area (Å²) in [6, 6.07) is 7.64. The third kappa shape index (κ3) is 1.99. The highest BCUT2D eigenvalue weighted by atomic mass is 79.9. The number of aromatic nitrogens is 1. The van der Waals surface area contributed by atoms with E-state index in [0.29, 0.717) is 5.76 Å². The normalized spacial score (nSPS) is 10.3. The lowest BCUT2D eigenvalue weighted by atomic mass is 10.1.